The first-order valence-electron chi connectivity index (χ1n) is 6.17. The molecule has 0 spiro atoms. The minimum atomic E-state index is -0.0976. The molecule has 1 atom stereocenters. The predicted molar refractivity (Wildman–Crippen MR) is 91.5 cm³/mol. The number of ether oxygens (including phenoxy) is 1. The maximum absolute atomic E-state index is 6.25. The quantitative estimate of drug-likeness (QED) is 0.626. The van der Waals surface area contributed by atoms with Crippen molar-refractivity contribution in [2.45, 2.75) is 13.0 Å². The molecule has 0 aliphatic carbocycles. The molecule has 1 unspecified atom stereocenters. The van der Waals surface area contributed by atoms with E-state index in [9.17, 15) is 0 Å². The highest BCUT2D eigenvalue weighted by molar-refractivity contribution is 6.48. The molecule has 2 aromatic rings. The predicted octanol–water partition coefficient (Wildman–Crippen LogP) is 6.48. The fourth-order valence-corrected chi connectivity index (χ4v) is 2.86. The number of benzene rings is 2. The van der Waals surface area contributed by atoms with Crippen LogP contribution in [0, 0.1) is 0 Å². The lowest BCUT2D eigenvalue weighted by atomic mass is 10.1. The Bertz CT molecular complexity index is 660. The maximum Gasteiger partial charge on any atom is 0.142 e. The molecular weight excluding hydrogens is 352 g/mol. The molecule has 0 heterocycles. The van der Waals surface area contributed by atoms with E-state index >= 15 is 0 Å². The molecule has 0 bridgehead atoms. The average Bonchev–Trinajstić information content (AvgIpc) is 2.45. The molecule has 0 saturated heterocycles. The van der Waals surface area contributed by atoms with Gasteiger partial charge in [0.1, 0.15) is 5.75 Å². The molecule has 0 aliphatic rings. The van der Waals surface area contributed by atoms with Crippen LogP contribution in [0.5, 0.6) is 5.75 Å². The third-order valence-corrected chi connectivity index (χ3v) is 4.61. The van der Waals surface area contributed by atoms with E-state index in [0.29, 0.717) is 25.8 Å². The standard InChI is InChI=1S/C15H13Cl4NO/c1-8(10-4-5-11(17)15(19)14(10)18)20-12-7-9(16)3-6-13(12)21-2/h3-8,20H,1-2H3. The number of methoxy groups -OCH3 is 1. The van der Waals surface area contributed by atoms with Crippen molar-refractivity contribution < 1.29 is 4.74 Å². The first-order valence-corrected chi connectivity index (χ1v) is 7.68. The van der Waals surface area contributed by atoms with Crippen LogP contribution >= 0.6 is 46.4 Å². The zero-order valence-electron chi connectivity index (χ0n) is 11.4. The first kappa shape index (κ1) is 16.6. The molecule has 21 heavy (non-hydrogen) atoms. The van der Waals surface area contributed by atoms with E-state index in [1.54, 1.807) is 31.4 Å². The number of hydrogen-bond donors (Lipinski definition) is 1. The van der Waals surface area contributed by atoms with Crippen LogP contribution in [0.2, 0.25) is 20.1 Å². The summed E-state index contributed by atoms with van der Waals surface area (Å²) in [5, 5.41) is 5.14. The largest absolute Gasteiger partial charge is 0.495 e. The molecule has 2 aromatic carbocycles. The van der Waals surface area contributed by atoms with E-state index in [1.807, 2.05) is 13.0 Å². The van der Waals surface area contributed by atoms with Crippen molar-refractivity contribution in [3.05, 3.63) is 56.0 Å². The number of nitrogens with one attached hydrogen (secondary N) is 1. The molecule has 0 radical (unpaired) electrons. The van der Waals surface area contributed by atoms with Crippen molar-refractivity contribution in [3.63, 3.8) is 0 Å². The number of rotatable bonds is 4. The number of halogens is 4. The third-order valence-electron chi connectivity index (χ3n) is 3.07. The zero-order chi connectivity index (χ0) is 15.6. The van der Waals surface area contributed by atoms with Crippen LogP contribution in [0.25, 0.3) is 0 Å². The van der Waals surface area contributed by atoms with E-state index in [2.05, 4.69) is 5.32 Å². The Morgan fingerprint density at radius 1 is 1.00 bits per heavy atom. The molecular formula is C15H13Cl4NO. The van der Waals surface area contributed by atoms with Crippen molar-refractivity contribution in [2.24, 2.45) is 0 Å². The zero-order valence-corrected chi connectivity index (χ0v) is 14.4. The minimum absolute atomic E-state index is 0.0976. The molecule has 112 valence electrons. The second-order valence-corrected chi connectivity index (χ2v) is 6.07. The monoisotopic (exact) mass is 363 g/mol. The fraction of sp³-hybridized carbons (Fsp3) is 0.200. The van der Waals surface area contributed by atoms with Crippen LogP contribution in [0.4, 0.5) is 5.69 Å². The van der Waals surface area contributed by atoms with Gasteiger partial charge >= 0.3 is 0 Å². The summed E-state index contributed by atoms with van der Waals surface area (Å²) in [6.07, 6.45) is 0. The maximum atomic E-state index is 6.25. The summed E-state index contributed by atoms with van der Waals surface area (Å²) in [6, 6.07) is 8.82. The molecule has 0 saturated carbocycles. The first-order chi connectivity index (χ1) is 9.93. The van der Waals surface area contributed by atoms with Gasteiger partial charge in [0.2, 0.25) is 0 Å². The molecule has 0 amide bonds. The van der Waals surface area contributed by atoms with Crippen LogP contribution in [0.1, 0.15) is 18.5 Å². The van der Waals surface area contributed by atoms with E-state index < -0.39 is 0 Å². The smallest absolute Gasteiger partial charge is 0.142 e. The van der Waals surface area contributed by atoms with Crippen molar-refractivity contribution in [1.29, 1.82) is 0 Å². The highest BCUT2D eigenvalue weighted by Crippen LogP contribution is 2.37. The lowest BCUT2D eigenvalue weighted by molar-refractivity contribution is 0.416. The second-order valence-electron chi connectivity index (χ2n) is 4.48. The Morgan fingerprint density at radius 2 is 1.71 bits per heavy atom. The van der Waals surface area contributed by atoms with E-state index in [-0.39, 0.29) is 6.04 Å². The molecule has 2 rings (SSSR count). The van der Waals surface area contributed by atoms with Crippen LogP contribution in [-0.2, 0) is 0 Å². The van der Waals surface area contributed by atoms with Gasteiger partial charge in [-0.1, -0.05) is 52.5 Å². The van der Waals surface area contributed by atoms with Gasteiger partial charge in [-0.05, 0) is 36.8 Å². The Hall–Kier alpha value is -0.800. The molecule has 1 N–H and O–H groups in total. The highest BCUT2D eigenvalue weighted by atomic mass is 35.5. The van der Waals surface area contributed by atoms with Gasteiger partial charge in [-0.25, -0.2) is 0 Å². The molecule has 2 nitrogen and oxygen atoms in total. The summed E-state index contributed by atoms with van der Waals surface area (Å²) in [6.45, 7) is 1.96. The Labute approximate surface area is 143 Å². The van der Waals surface area contributed by atoms with Gasteiger partial charge in [0.15, 0.2) is 0 Å². The lowest BCUT2D eigenvalue weighted by Gasteiger charge is -2.20. The van der Waals surface area contributed by atoms with Gasteiger partial charge in [-0.15, -0.1) is 0 Å². The average molecular weight is 365 g/mol. The van der Waals surface area contributed by atoms with Crippen LogP contribution < -0.4 is 10.1 Å². The van der Waals surface area contributed by atoms with Crippen LogP contribution in [0.3, 0.4) is 0 Å². The summed E-state index contributed by atoms with van der Waals surface area (Å²) < 4.78 is 5.31. The van der Waals surface area contributed by atoms with Gasteiger partial charge < -0.3 is 10.1 Å². The Balaban J connectivity index is 2.32. The van der Waals surface area contributed by atoms with Gasteiger partial charge in [0.25, 0.3) is 0 Å². The summed E-state index contributed by atoms with van der Waals surface area (Å²) in [5.74, 6) is 0.697. The Morgan fingerprint density at radius 3 is 2.38 bits per heavy atom. The summed E-state index contributed by atoms with van der Waals surface area (Å²) >= 11 is 24.3. The summed E-state index contributed by atoms with van der Waals surface area (Å²) in [7, 11) is 1.60. The van der Waals surface area contributed by atoms with E-state index in [4.69, 9.17) is 51.1 Å². The summed E-state index contributed by atoms with van der Waals surface area (Å²) in [5.41, 5.74) is 1.62. The highest BCUT2D eigenvalue weighted by Gasteiger charge is 2.16. The Kier molecular flexibility index (Phi) is 5.50. The molecule has 0 aliphatic heterocycles. The van der Waals surface area contributed by atoms with Crippen molar-refractivity contribution in [3.8, 4) is 5.75 Å². The van der Waals surface area contributed by atoms with E-state index in [0.717, 1.165) is 11.3 Å². The SMILES string of the molecule is COc1ccc(Cl)cc1NC(C)c1ccc(Cl)c(Cl)c1Cl. The van der Waals surface area contributed by atoms with Gasteiger partial charge in [0, 0.05) is 5.02 Å². The molecule has 0 fully saturated rings. The van der Waals surface area contributed by atoms with E-state index in [1.165, 1.54) is 0 Å². The molecule has 6 heteroatoms. The molecule has 0 aromatic heterocycles. The van der Waals surface area contributed by atoms with Gasteiger partial charge in [-0.2, -0.15) is 0 Å². The minimum Gasteiger partial charge on any atom is -0.495 e. The normalized spacial score (nSPS) is 12.1. The van der Waals surface area contributed by atoms with Gasteiger partial charge in [0.05, 0.1) is 33.9 Å². The number of hydrogen-bond acceptors (Lipinski definition) is 2. The topological polar surface area (TPSA) is 21.3 Å². The van der Waals surface area contributed by atoms with Crippen molar-refractivity contribution >= 4 is 52.1 Å². The lowest BCUT2D eigenvalue weighted by Crippen LogP contribution is -2.08. The summed E-state index contributed by atoms with van der Waals surface area (Å²) in [4.78, 5) is 0. The second kappa shape index (κ2) is 6.97. The third kappa shape index (κ3) is 3.70. The van der Waals surface area contributed by atoms with Crippen molar-refractivity contribution in [1.82, 2.24) is 0 Å². The van der Waals surface area contributed by atoms with Gasteiger partial charge in [-0.3, -0.25) is 0 Å². The van der Waals surface area contributed by atoms with Crippen molar-refractivity contribution in [2.75, 3.05) is 12.4 Å². The number of anilines is 1. The van der Waals surface area contributed by atoms with Crippen LogP contribution in [-0.4, -0.2) is 7.11 Å². The van der Waals surface area contributed by atoms with Crippen LogP contribution in [0.15, 0.2) is 30.3 Å². The fourth-order valence-electron chi connectivity index (χ4n) is 1.98.